The standard InChI is InChI=1S/C20H28N2O2/c1-15-7-6-11-21(13-15)18(23)20(2,3)19(24)22-12-10-16-8-4-5-9-17(16)14-22/h4-5,8-9,15H,6-7,10-14H2,1-3H3. The summed E-state index contributed by atoms with van der Waals surface area (Å²) < 4.78 is 0. The topological polar surface area (TPSA) is 40.6 Å². The number of piperidine rings is 1. The summed E-state index contributed by atoms with van der Waals surface area (Å²) >= 11 is 0. The van der Waals surface area contributed by atoms with E-state index < -0.39 is 5.41 Å². The summed E-state index contributed by atoms with van der Waals surface area (Å²) in [5.41, 5.74) is 1.53. The van der Waals surface area contributed by atoms with Gasteiger partial charge in [0.25, 0.3) is 0 Å². The quantitative estimate of drug-likeness (QED) is 0.783. The molecule has 0 bridgehead atoms. The van der Waals surface area contributed by atoms with Gasteiger partial charge in [-0.1, -0.05) is 31.2 Å². The van der Waals surface area contributed by atoms with Crippen LogP contribution < -0.4 is 0 Å². The van der Waals surface area contributed by atoms with Crippen LogP contribution in [0, 0.1) is 11.3 Å². The monoisotopic (exact) mass is 328 g/mol. The van der Waals surface area contributed by atoms with Crippen LogP contribution in [0.3, 0.4) is 0 Å². The van der Waals surface area contributed by atoms with Gasteiger partial charge in [0.15, 0.2) is 0 Å². The highest BCUT2D eigenvalue weighted by Crippen LogP contribution is 2.28. The fourth-order valence-electron chi connectivity index (χ4n) is 3.92. The van der Waals surface area contributed by atoms with Crippen molar-refractivity contribution in [3.63, 3.8) is 0 Å². The van der Waals surface area contributed by atoms with Crippen LogP contribution in [0.1, 0.15) is 44.7 Å². The van der Waals surface area contributed by atoms with Gasteiger partial charge < -0.3 is 9.80 Å². The molecule has 24 heavy (non-hydrogen) atoms. The molecule has 2 aliphatic heterocycles. The summed E-state index contributed by atoms with van der Waals surface area (Å²) in [6.07, 6.45) is 3.07. The van der Waals surface area contributed by atoms with Crippen LogP contribution >= 0.6 is 0 Å². The van der Waals surface area contributed by atoms with Gasteiger partial charge in [0.05, 0.1) is 0 Å². The van der Waals surface area contributed by atoms with Crippen molar-refractivity contribution >= 4 is 11.8 Å². The molecule has 1 aromatic carbocycles. The van der Waals surface area contributed by atoms with Crippen molar-refractivity contribution in [2.24, 2.45) is 11.3 Å². The van der Waals surface area contributed by atoms with Crippen molar-refractivity contribution < 1.29 is 9.59 Å². The van der Waals surface area contributed by atoms with E-state index >= 15 is 0 Å². The first-order valence-electron chi connectivity index (χ1n) is 9.05. The third-order valence-corrected chi connectivity index (χ3v) is 5.43. The third-order valence-electron chi connectivity index (χ3n) is 5.43. The van der Waals surface area contributed by atoms with Gasteiger partial charge in [-0.05, 0) is 50.2 Å². The molecule has 1 aromatic rings. The molecule has 4 nitrogen and oxygen atoms in total. The molecule has 0 aromatic heterocycles. The van der Waals surface area contributed by atoms with Crippen LogP contribution in [-0.4, -0.2) is 41.2 Å². The first-order valence-corrected chi connectivity index (χ1v) is 9.05. The molecule has 1 atom stereocenters. The second-order valence-corrected chi connectivity index (χ2v) is 7.87. The first-order chi connectivity index (χ1) is 11.4. The lowest BCUT2D eigenvalue weighted by Crippen LogP contribution is -2.53. The highest BCUT2D eigenvalue weighted by Gasteiger charge is 2.42. The van der Waals surface area contributed by atoms with Crippen molar-refractivity contribution in [1.29, 1.82) is 0 Å². The average molecular weight is 328 g/mol. The molecule has 3 rings (SSSR count). The molecule has 130 valence electrons. The Morgan fingerprint density at radius 1 is 1.04 bits per heavy atom. The van der Waals surface area contributed by atoms with Crippen molar-refractivity contribution in [1.82, 2.24) is 9.80 Å². The Morgan fingerprint density at radius 3 is 2.42 bits per heavy atom. The number of carbonyl (C=O) groups is 2. The molecule has 0 aliphatic carbocycles. The normalized spacial score (nSPS) is 21.4. The van der Waals surface area contributed by atoms with E-state index in [1.807, 2.05) is 21.9 Å². The van der Waals surface area contributed by atoms with E-state index in [1.165, 1.54) is 17.5 Å². The van der Waals surface area contributed by atoms with Crippen LogP contribution in [0.5, 0.6) is 0 Å². The van der Waals surface area contributed by atoms with Crippen LogP contribution in [0.15, 0.2) is 24.3 Å². The maximum absolute atomic E-state index is 13.1. The summed E-state index contributed by atoms with van der Waals surface area (Å²) in [7, 11) is 0. The van der Waals surface area contributed by atoms with Gasteiger partial charge in [-0.15, -0.1) is 0 Å². The van der Waals surface area contributed by atoms with Gasteiger partial charge in [-0.3, -0.25) is 9.59 Å². The molecular weight excluding hydrogens is 300 g/mol. The Kier molecular flexibility index (Phi) is 4.66. The van der Waals surface area contributed by atoms with E-state index in [9.17, 15) is 9.59 Å². The Morgan fingerprint density at radius 2 is 1.71 bits per heavy atom. The lowest BCUT2D eigenvalue weighted by Gasteiger charge is -2.39. The van der Waals surface area contributed by atoms with E-state index in [0.717, 1.165) is 25.9 Å². The molecule has 2 amide bonds. The number of fused-ring (bicyclic) bond motifs is 1. The minimum absolute atomic E-state index is 0.0158. The van der Waals surface area contributed by atoms with E-state index in [4.69, 9.17) is 0 Å². The smallest absolute Gasteiger partial charge is 0.238 e. The van der Waals surface area contributed by atoms with Crippen LogP contribution in [-0.2, 0) is 22.6 Å². The number of benzene rings is 1. The summed E-state index contributed by atoms with van der Waals surface area (Å²) in [5, 5.41) is 0. The number of hydrogen-bond donors (Lipinski definition) is 0. The second kappa shape index (κ2) is 6.58. The van der Waals surface area contributed by atoms with E-state index in [-0.39, 0.29) is 11.8 Å². The number of nitrogens with zero attached hydrogens (tertiary/aromatic N) is 2. The number of hydrogen-bond acceptors (Lipinski definition) is 2. The summed E-state index contributed by atoms with van der Waals surface area (Å²) in [5.74, 6) is 0.466. The number of carbonyl (C=O) groups excluding carboxylic acids is 2. The summed E-state index contributed by atoms with van der Waals surface area (Å²) in [4.78, 5) is 29.8. The lowest BCUT2D eigenvalue weighted by atomic mass is 9.86. The highest BCUT2D eigenvalue weighted by atomic mass is 16.2. The predicted octanol–water partition coefficient (Wildman–Crippen LogP) is 2.86. The summed E-state index contributed by atoms with van der Waals surface area (Å²) in [6, 6.07) is 8.26. The van der Waals surface area contributed by atoms with Crippen LogP contribution in [0.4, 0.5) is 0 Å². The molecule has 2 heterocycles. The molecule has 1 fully saturated rings. The Bertz CT molecular complexity index is 638. The zero-order valence-electron chi connectivity index (χ0n) is 15.0. The maximum atomic E-state index is 13.1. The SMILES string of the molecule is CC1CCCN(C(=O)C(C)(C)C(=O)N2CCc3ccccc3C2)C1. The van der Waals surface area contributed by atoms with Crippen molar-refractivity contribution in [2.75, 3.05) is 19.6 Å². The number of likely N-dealkylation sites (tertiary alicyclic amines) is 1. The average Bonchev–Trinajstić information content (AvgIpc) is 2.60. The van der Waals surface area contributed by atoms with Gasteiger partial charge in [0, 0.05) is 26.2 Å². The Labute approximate surface area is 144 Å². The minimum atomic E-state index is -0.983. The van der Waals surface area contributed by atoms with Crippen molar-refractivity contribution in [3.8, 4) is 0 Å². The number of amides is 2. The largest absolute Gasteiger partial charge is 0.342 e. The molecule has 0 radical (unpaired) electrons. The lowest BCUT2D eigenvalue weighted by molar-refractivity contribution is -0.155. The van der Waals surface area contributed by atoms with E-state index in [1.54, 1.807) is 13.8 Å². The van der Waals surface area contributed by atoms with Crippen molar-refractivity contribution in [2.45, 2.75) is 46.6 Å². The third kappa shape index (κ3) is 3.19. The molecule has 2 aliphatic rings. The Balaban J connectivity index is 1.72. The molecule has 4 heteroatoms. The maximum Gasteiger partial charge on any atom is 0.238 e. The van der Waals surface area contributed by atoms with E-state index in [0.29, 0.717) is 19.0 Å². The minimum Gasteiger partial charge on any atom is -0.342 e. The molecule has 1 saturated heterocycles. The molecule has 0 saturated carbocycles. The zero-order chi connectivity index (χ0) is 17.3. The van der Waals surface area contributed by atoms with Gasteiger partial charge in [0.2, 0.25) is 11.8 Å². The summed E-state index contributed by atoms with van der Waals surface area (Å²) in [6.45, 7) is 8.62. The van der Waals surface area contributed by atoms with Crippen LogP contribution in [0.25, 0.3) is 0 Å². The number of rotatable bonds is 2. The second-order valence-electron chi connectivity index (χ2n) is 7.87. The van der Waals surface area contributed by atoms with Crippen molar-refractivity contribution in [3.05, 3.63) is 35.4 Å². The van der Waals surface area contributed by atoms with Crippen LogP contribution in [0.2, 0.25) is 0 Å². The molecule has 1 unspecified atom stereocenters. The van der Waals surface area contributed by atoms with Gasteiger partial charge in [-0.25, -0.2) is 0 Å². The fourth-order valence-corrected chi connectivity index (χ4v) is 3.92. The predicted molar refractivity (Wildman–Crippen MR) is 94.3 cm³/mol. The zero-order valence-corrected chi connectivity index (χ0v) is 15.0. The van der Waals surface area contributed by atoms with Gasteiger partial charge in [-0.2, -0.15) is 0 Å². The molecule has 0 N–H and O–H groups in total. The fraction of sp³-hybridized carbons (Fsp3) is 0.600. The Hall–Kier alpha value is -1.84. The van der Waals surface area contributed by atoms with Gasteiger partial charge >= 0.3 is 0 Å². The first kappa shape index (κ1) is 17.0. The molecular formula is C20H28N2O2. The molecule has 0 spiro atoms. The van der Waals surface area contributed by atoms with Gasteiger partial charge in [0.1, 0.15) is 5.41 Å². The highest BCUT2D eigenvalue weighted by molar-refractivity contribution is 6.04. The van der Waals surface area contributed by atoms with E-state index in [2.05, 4.69) is 19.1 Å².